The smallest absolute Gasteiger partial charge is 0.0233 e. The third-order valence-electron chi connectivity index (χ3n) is 3.69. The van der Waals surface area contributed by atoms with E-state index in [1.165, 1.54) is 37.7 Å². The first-order chi connectivity index (χ1) is 8.38. The third-order valence-corrected chi connectivity index (χ3v) is 3.69. The molecule has 0 heterocycles. The summed E-state index contributed by atoms with van der Waals surface area (Å²) in [6.07, 6.45) is 7.86. The standard InChI is InChI=1S/C15H24N2/c16-12-15(11-13-7-3-1-4-8-13)17-14-9-5-2-6-10-14/h1,3-4,7-8,14-15,17H,2,5-6,9-12,16H2. The highest BCUT2D eigenvalue weighted by Gasteiger charge is 2.17. The lowest BCUT2D eigenvalue weighted by molar-refractivity contribution is 0.336. The Morgan fingerprint density at radius 1 is 1.12 bits per heavy atom. The van der Waals surface area contributed by atoms with Crippen LogP contribution in [0.5, 0.6) is 0 Å². The molecule has 0 aromatic heterocycles. The van der Waals surface area contributed by atoms with E-state index in [1.807, 2.05) is 0 Å². The maximum Gasteiger partial charge on any atom is 0.0233 e. The molecular formula is C15H24N2. The molecule has 94 valence electrons. The van der Waals surface area contributed by atoms with Gasteiger partial charge in [-0.2, -0.15) is 0 Å². The average molecular weight is 232 g/mol. The van der Waals surface area contributed by atoms with Crippen LogP contribution in [-0.4, -0.2) is 18.6 Å². The summed E-state index contributed by atoms with van der Waals surface area (Å²) in [6, 6.07) is 11.8. The first-order valence-electron chi connectivity index (χ1n) is 6.88. The largest absolute Gasteiger partial charge is 0.329 e. The van der Waals surface area contributed by atoms with Gasteiger partial charge in [-0.15, -0.1) is 0 Å². The van der Waals surface area contributed by atoms with Gasteiger partial charge in [0.05, 0.1) is 0 Å². The van der Waals surface area contributed by atoms with Crippen LogP contribution >= 0.6 is 0 Å². The Balaban J connectivity index is 1.83. The highest BCUT2D eigenvalue weighted by Crippen LogP contribution is 2.18. The Labute approximate surface area is 105 Å². The summed E-state index contributed by atoms with van der Waals surface area (Å²) in [7, 11) is 0. The van der Waals surface area contributed by atoms with Crippen molar-refractivity contribution < 1.29 is 0 Å². The Hall–Kier alpha value is -0.860. The summed E-state index contributed by atoms with van der Waals surface area (Å²) in [4.78, 5) is 0. The second-order valence-electron chi connectivity index (χ2n) is 5.12. The van der Waals surface area contributed by atoms with Crippen molar-refractivity contribution in [1.82, 2.24) is 5.32 Å². The van der Waals surface area contributed by atoms with Gasteiger partial charge in [-0.25, -0.2) is 0 Å². The van der Waals surface area contributed by atoms with Crippen molar-refractivity contribution in [2.75, 3.05) is 6.54 Å². The Bertz CT molecular complexity index is 304. The zero-order valence-corrected chi connectivity index (χ0v) is 10.6. The van der Waals surface area contributed by atoms with Crippen molar-refractivity contribution in [3.05, 3.63) is 35.9 Å². The molecule has 1 aliphatic rings. The van der Waals surface area contributed by atoms with Gasteiger partial charge in [0.2, 0.25) is 0 Å². The van der Waals surface area contributed by atoms with E-state index in [4.69, 9.17) is 5.73 Å². The summed E-state index contributed by atoms with van der Waals surface area (Å²) in [5.74, 6) is 0. The van der Waals surface area contributed by atoms with E-state index in [-0.39, 0.29) is 0 Å². The van der Waals surface area contributed by atoms with Gasteiger partial charge >= 0.3 is 0 Å². The number of benzene rings is 1. The van der Waals surface area contributed by atoms with Crippen molar-refractivity contribution in [1.29, 1.82) is 0 Å². The molecule has 1 fully saturated rings. The molecule has 2 nitrogen and oxygen atoms in total. The molecule has 3 N–H and O–H groups in total. The van der Waals surface area contributed by atoms with Crippen LogP contribution < -0.4 is 11.1 Å². The Morgan fingerprint density at radius 3 is 2.47 bits per heavy atom. The molecule has 1 unspecified atom stereocenters. The predicted molar refractivity (Wildman–Crippen MR) is 73.0 cm³/mol. The van der Waals surface area contributed by atoms with Gasteiger partial charge < -0.3 is 11.1 Å². The predicted octanol–water partition coefficient (Wildman–Crippen LogP) is 2.48. The molecule has 2 heteroatoms. The van der Waals surface area contributed by atoms with Gasteiger partial charge in [0.25, 0.3) is 0 Å². The van der Waals surface area contributed by atoms with Gasteiger partial charge in [-0.3, -0.25) is 0 Å². The van der Waals surface area contributed by atoms with Crippen molar-refractivity contribution in [3.8, 4) is 0 Å². The molecule has 0 amide bonds. The number of rotatable bonds is 5. The molecule has 0 aliphatic heterocycles. The highest BCUT2D eigenvalue weighted by molar-refractivity contribution is 5.16. The molecule has 1 aromatic rings. The monoisotopic (exact) mass is 232 g/mol. The Morgan fingerprint density at radius 2 is 1.82 bits per heavy atom. The second kappa shape index (κ2) is 6.77. The van der Waals surface area contributed by atoms with Crippen LogP contribution in [-0.2, 0) is 6.42 Å². The van der Waals surface area contributed by atoms with Crippen molar-refractivity contribution in [2.24, 2.45) is 5.73 Å². The van der Waals surface area contributed by atoms with Crippen LogP contribution in [0.4, 0.5) is 0 Å². The molecule has 1 saturated carbocycles. The third kappa shape index (κ3) is 4.14. The van der Waals surface area contributed by atoms with E-state index in [2.05, 4.69) is 35.6 Å². The molecule has 0 spiro atoms. The molecule has 0 saturated heterocycles. The maximum atomic E-state index is 5.88. The summed E-state index contributed by atoms with van der Waals surface area (Å²) < 4.78 is 0. The SMILES string of the molecule is NCC(Cc1ccccc1)NC1CCCCC1. The van der Waals surface area contributed by atoms with Crippen LogP contribution in [0.2, 0.25) is 0 Å². The highest BCUT2D eigenvalue weighted by atomic mass is 15.0. The van der Waals surface area contributed by atoms with Gasteiger partial charge in [0.1, 0.15) is 0 Å². The molecule has 1 atom stereocenters. The number of nitrogens with two attached hydrogens (primary N) is 1. The minimum absolute atomic E-state index is 0.431. The van der Waals surface area contributed by atoms with Gasteiger partial charge in [0, 0.05) is 18.6 Å². The van der Waals surface area contributed by atoms with Crippen molar-refractivity contribution >= 4 is 0 Å². The Kier molecular flexibility index (Phi) is 5.02. The maximum absolute atomic E-state index is 5.88. The van der Waals surface area contributed by atoms with Crippen LogP contribution in [0.3, 0.4) is 0 Å². The van der Waals surface area contributed by atoms with E-state index in [0.29, 0.717) is 12.1 Å². The fourth-order valence-corrected chi connectivity index (χ4v) is 2.71. The minimum Gasteiger partial charge on any atom is -0.329 e. The summed E-state index contributed by atoms with van der Waals surface area (Å²) >= 11 is 0. The summed E-state index contributed by atoms with van der Waals surface area (Å²) in [5.41, 5.74) is 7.26. The molecule has 2 rings (SSSR count). The quantitative estimate of drug-likeness (QED) is 0.818. The molecule has 0 bridgehead atoms. The summed E-state index contributed by atoms with van der Waals surface area (Å²) in [5, 5.41) is 3.73. The lowest BCUT2D eigenvalue weighted by atomic mass is 9.94. The average Bonchev–Trinajstić information content (AvgIpc) is 2.40. The van der Waals surface area contributed by atoms with E-state index in [1.54, 1.807) is 0 Å². The fraction of sp³-hybridized carbons (Fsp3) is 0.600. The van der Waals surface area contributed by atoms with Crippen LogP contribution in [0.25, 0.3) is 0 Å². The topological polar surface area (TPSA) is 38.0 Å². The van der Waals surface area contributed by atoms with Crippen molar-refractivity contribution in [3.63, 3.8) is 0 Å². The zero-order valence-electron chi connectivity index (χ0n) is 10.6. The van der Waals surface area contributed by atoms with Crippen LogP contribution in [0.15, 0.2) is 30.3 Å². The molecule has 1 aromatic carbocycles. The molecule has 1 aliphatic carbocycles. The van der Waals surface area contributed by atoms with Crippen molar-refractivity contribution in [2.45, 2.75) is 50.6 Å². The first-order valence-corrected chi connectivity index (χ1v) is 6.88. The molecular weight excluding hydrogens is 208 g/mol. The zero-order chi connectivity index (χ0) is 11.9. The lowest BCUT2D eigenvalue weighted by Crippen LogP contribution is -2.44. The first kappa shape index (κ1) is 12.6. The minimum atomic E-state index is 0.431. The second-order valence-corrected chi connectivity index (χ2v) is 5.12. The van der Waals surface area contributed by atoms with Crippen LogP contribution in [0, 0.1) is 0 Å². The van der Waals surface area contributed by atoms with E-state index < -0.39 is 0 Å². The van der Waals surface area contributed by atoms with E-state index in [9.17, 15) is 0 Å². The number of hydrogen-bond acceptors (Lipinski definition) is 2. The van der Waals surface area contributed by atoms with E-state index in [0.717, 1.165) is 13.0 Å². The van der Waals surface area contributed by atoms with Crippen LogP contribution in [0.1, 0.15) is 37.7 Å². The number of nitrogens with one attached hydrogen (secondary N) is 1. The normalized spacial score (nSPS) is 19.1. The van der Waals surface area contributed by atoms with E-state index >= 15 is 0 Å². The number of hydrogen-bond donors (Lipinski definition) is 2. The molecule has 0 radical (unpaired) electrons. The van der Waals surface area contributed by atoms with Gasteiger partial charge in [0.15, 0.2) is 0 Å². The summed E-state index contributed by atoms with van der Waals surface area (Å²) in [6.45, 7) is 0.728. The fourth-order valence-electron chi connectivity index (χ4n) is 2.71. The lowest BCUT2D eigenvalue weighted by Gasteiger charge is -2.28. The van der Waals surface area contributed by atoms with Gasteiger partial charge in [-0.1, -0.05) is 49.6 Å². The van der Waals surface area contributed by atoms with Gasteiger partial charge in [-0.05, 0) is 24.8 Å². The molecule has 17 heavy (non-hydrogen) atoms.